The second-order valence-corrected chi connectivity index (χ2v) is 12.3. The molecule has 1 amide bonds. The van der Waals surface area contributed by atoms with Crippen molar-refractivity contribution < 1.29 is 38.5 Å². The van der Waals surface area contributed by atoms with E-state index < -0.39 is 58.3 Å². The largest absolute Gasteiger partial charge is 0.508 e. The van der Waals surface area contributed by atoms with Crippen LogP contribution >= 0.6 is 0 Å². The van der Waals surface area contributed by atoms with Crippen LogP contribution in [-0.4, -0.2) is 52.2 Å². The molecule has 38 heavy (non-hydrogen) atoms. The number of esters is 1. The molecule has 0 aromatic carbocycles. The highest BCUT2D eigenvalue weighted by molar-refractivity contribution is 6.00. The Bertz CT molecular complexity index is 1120. The number of ether oxygens (including phenoxy) is 1. The number of aliphatic hydroxyl groups excluding tert-OH is 1. The van der Waals surface area contributed by atoms with E-state index >= 15 is 4.39 Å². The van der Waals surface area contributed by atoms with E-state index in [9.17, 15) is 29.4 Å². The normalized spacial score (nSPS) is 40.6. The number of fused-ring (bicyclic) bond motifs is 5. The number of aliphatic hydroxyl groups is 1. The van der Waals surface area contributed by atoms with Gasteiger partial charge in [-0.05, 0) is 80.3 Å². The molecule has 0 heterocycles. The van der Waals surface area contributed by atoms with Crippen LogP contribution in [0.4, 0.5) is 9.18 Å². The van der Waals surface area contributed by atoms with E-state index in [1.165, 1.54) is 13.0 Å². The van der Waals surface area contributed by atoms with Crippen LogP contribution < -0.4 is 5.32 Å². The van der Waals surface area contributed by atoms with E-state index in [0.717, 1.165) is 6.08 Å². The number of rotatable bonds is 7. The van der Waals surface area contributed by atoms with Gasteiger partial charge in [-0.2, -0.15) is 0 Å². The van der Waals surface area contributed by atoms with Crippen molar-refractivity contribution in [3.8, 4) is 0 Å². The third kappa shape index (κ3) is 3.67. The summed E-state index contributed by atoms with van der Waals surface area (Å²) in [6, 6.07) is -0.740. The molecular weight excluding hydrogens is 493 g/mol. The zero-order valence-electron chi connectivity index (χ0n) is 22.9. The van der Waals surface area contributed by atoms with Crippen LogP contribution in [0.2, 0.25) is 0 Å². The fourth-order valence-corrected chi connectivity index (χ4v) is 9.27. The number of hydrogen-bond donors (Lipinski definition) is 3. The lowest BCUT2D eigenvalue weighted by atomic mass is 9.42. The standard InChI is InChI=1S/C29H40FNO7/c1-6-7-22(31-25(36)37)29(24(35)15-38-17(3)32)16(2)12-21-20-9-8-18-13-19(33)14-23(34)27(18,5)28(20,30)11-10-26(21,29)4/h13-14,16,20-22,31,33H,6-12,15H2,1-5H3,(H,36,37)/t16-,20?,21?,22?,26-,27+,28?,29+/m0/s1. The first kappa shape index (κ1) is 28.3. The Kier molecular flexibility index (Phi) is 7.07. The minimum absolute atomic E-state index is 0.0279. The minimum Gasteiger partial charge on any atom is -0.508 e. The molecule has 0 radical (unpaired) electrons. The van der Waals surface area contributed by atoms with Crippen LogP contribution in [0.3, 0.4) is 0 Å². The third-order valence-electron chi connectivity index (χ3n) is 10.8. The van der Waals surface area contributed by atoms with Crippen molar-refractivity contribution in [1.82, 2.24) is 5.32 Å². The van der Waals surface area contributed by atoms with Crippen LogP contribution in [-0.2, 0) is 19.1 Å². The molecule has 4 rings (SSSR count). The predicted molar refractivity (Wildman–Crippen MR) is 137 cm³/mol. The predicted octanol–water partition coefficient (Wildman–Crippen LogP) is 5.07. The van der Waals surface area contributed by atoms with Crippen molar-refractivity contribution in [2.75, 3.05) is 6.61 Å². The summed E-state index contributed by atoms with van der Waals surface area (Å²) in [7, 11) is 0. The number of nitrogens with one attached hydrogen (secondary N) is 1. The van der Waals surface area contributed by atoms with Gasteiger partial charge in [0.2, 0.25) is 0 Å². The lowest BCUT2D eigenvalue weighted by molar-refractivity contribution is -0.177. The highest BCUT2D eigenvalue weighted by atomic mass is 19.1. The molecule has 9 heteroatoms. The zero-order valence-corrected chi connectivity index (χ0v) is 22.9. The molecule has 4 unspecified atom stereocenters. The Morgan fingerprint density at radius 2 is 1.89 bits per heavy atom. The van der Waals surface area contributed by atoms with Crippen molar-refractivity contribution in [2.45, 2.75) is 91.3 Å². The quantitative estimate of drug-likeness (QED) is 0.389. The van der Waals surface area contributed by atoms with Crippen LogP contribution in [0.1, 0.15) is 79.6 Å². The lowest BCUT2D eigenvalue weighted by Crippen LogP contribution is -2.67. The topological polar surface area (TPSA) is 130 Å². The molecule has 0 aliphatic heterocycles. The number of Topliss-reactive ketones (excluding diaryl/α,β-unsaturated/α-hetero) is 1. The van der Waals surface area contributed by atoms with Gasteiger partial charge in [0.25, 0.3) is 0 Å². The second-order valence-electron chi connectivity index (χ2n) is 12.3. The molecule has 4 aliphatic carbocycles. The van der Waals surface area contributed by atoms with Crippen molar-refractivity contribution >= 4 is 23.6 Å². The summed E-state index contributed by atoms with van der Waals surface area (Å²) in [6.07, 6.45) is 4.13. The Morgan fingerprint density at radius 3 is 2.50 bits per heavy atom. The molecule has 3 saturated carbocycles. The smallest absolute Gasteiger partial charge is 0.404 e. The monoisotopic (exact) mass is 533 g/mol. The minimum atomic E-state index is -1.87. The van der Waals surface area contributed by atoms with Crippen LogP contribution in [0.5, 0.6) is 0 Å². The molecule has 0 aromatic rings. The van der Waals surface area contributed by atoms with Gasteiger partial charge >= 0.3 is 12.1 Å². The number of carbonyl (C=O) groups is 4. The van der Waals surface area contributed by atoms with Crippen molar-refractivity contribution in [3.63, 3.8) is 0 Å². The van der Waals surface area contributed by atoms with E-state index in [-0.39, 0.29) is 36.2 Å². The maximum atomic E-state index is 17.5. The molecule has 0 aromatic heterocycles. The molecule has 3 fully saturated rings. The maximum absolute atomic E-state index is 17.5. The van der Waals surface area contributed by atoms with Gasteiger partial charge in [0.1, 0.15) is 11.4 Å². The number of ketones is 2. The van der Waals surface area contributed by atoms with Crippen molar-refractivity contribution in [2.24, 2.45) is 34.0 Å². The van der Waals surface area contributed by atoms with Gasteiger partial charge in [0.15, 0.2) is 18.2 Å². The van der Waals surface area contributed by atoms with Gasteiger partial charge in [-0.25, -0.2) is 9.18 Å². The number of amides is 1. The van der Waals surface area contributed by atoms with Crippen molar-refractivity contribution in [1.29, 1.82) is 0 Å². The van der Waals surface area contributed by atoms with E-state index in [2.05, 4.69) is 5.32 Å². The third-order valence-corrected chi connectivity index (χ3v) is 10.8. The Morgan fingerprint density at radius 1 is 1.21 bits per heavy atom. The molecule has 8 atom stereocenters. The molecule has 0 bridgehead atoms. The van der Waals surface area contributed by atoms with E-state index in [1.807, 2.05) is 20.8 Å². The number of hydrogen-bond acceptors (Lipinski definition) is 6. The number of halogens is 1. The first-order valence-electron chi connectivity index (χ1n) is 13.7. The van der Waals surface area contributed by atoms with Gasteiger partial charge < -0.3 is 20.3 Å². The van der Waals surface area contributed by atoms with Crippen LogP contribution in [0, 0.1) is 34.0 Å². The summed E-state index contributed by atoms with van der Waals surface area (Å²) in [4.78, 5) is 51.0. The number of alkyl halides is 1. The summed E-state index contributed by atoms with van der Waals surface area (Å²) in [5, 5.41) is 22.4. The van der Waals surface area contributed by atoms with Crippen LogP contribution in [0.15, 0.2) is 23.5 Å². The van der Waals surface area contributed by atoms with Gasteiger partial charge in [-0.1, -0.05) is 27.2 Å². The Balaban J connectivity index is 1.84. The summed E-state index contributed by atoms with van der Waals surface area (Å²) >= 11 is 0. The summed E-state index contributed by atoms with van der Waals surface area (Å²) < 4.78 is 22.6. The second kappa shape index (κ2) is 9.49. The van der Waals surface area contributed by atoms with Gasteiger partial charge in [-0.3, -0.25) is 14.4 Å². The molecule has 8 nitrogen and oxygen atoms in total. The van der Waals surface area contributed by atoms with Crippen molar-refractivity contribution in [3.05, 3.63) is 23.5 Å². The Labute approximate surface area is 223 Å². The maximum Gasteiger partial charge on any atom is 0.404 e. The highest BCUT2D eigenvalue weighted by Gasteiger charge is 2.75. The molecular formula is C29H40FNO7. The van der Waals surface area contributed by atoms with Gasteiger partial charge in [0.05, 0.1) is 10.8 Å². The molecule has 4 aliphatic rings. The average Bonchev–Trinajstić information content (AvgIpc) is 3.06. The summed E-state index contributed by atoms with van der Waals surface area (Å²) in [5.74, 6) is -2.68. The molecule has 3 N–H and O–H groups in total. The zero-order chi connectivity index (χ0) is 28.3. The Hall–Kier alpha value is -2.71. The SMILES string of the molecule is CCCC(NC(=O)O)[C@@]1(C(=O)COC(C)=O)[C@@H](C)CC2C3CCC4=CC(O)=CC(=O)[C@]4(C)C3(F)CC[C@@]21C. The first-order chi connectivity index (χ1) is 17.7. The fraction of sp³-hybridized carbons (Fsp3) is 0.724. The molecule has 0 spiro atoms. The van der Waals surface area contributed by atoms with Crippen LogP contribution in [0.25, 0.3) is 0 Å². The average molecular weight is 534 g/mol. The van der Waals surface area contributed by atoms with Gasteiger partial charge in [0, 0.05) is 19.0 Å². The van der Waals surface area contributed by atoms with Gasteiger partial charge in [-0.15, -0.1) is 0 Å². The van der Waals surface area contributed by atoms with E-state index in [1.54, 1.807) is 6.92 Å². The first-order valence-corrected chi connectivity index (χ1v) is 13.7. The van der Waals surface area contributed by atoms with E-state index in [4.69, 9.17) is 4.74 Å². The van der Waals surface area contributed by atoms with E-state index in [0.29, 0.717) is 37.7 Å². The molecule has 210 valence electrons. The number of allylic oxidation sites excluding steroid dienone is 3. The number of carbonyl (C=O) groups excluding carboxylic acids is 3. The lowest BCUT2D eigenvalue weighted by Gasteiger charge is -2.62. The fourth-order valence-electron chi connectivity index (χ4n) is 9.27. The highest BCUT2D eigenvalue weighted by Crippen LogP contribution is 2.74. The molecule has 0 saturated heterocycles. The summed E-state index contributed by atoms with van der Waals surface area (Å²) in [6.45, 7) is 8.21. The number of carboxylic acid groups (broad SMARTS) is 1. The summed E-state index contributed by atoms with van der Waals surface area (Å²) in [5.41, 5.74) is -4.68.